The van der Waals surface area contributed by atoms with E-state index in [1.807, 2.05) is 87.2 Å². The molecular formula is C24H27NO3S. The third-order valence-electron chi connectivity index (χ3n) is 4.78. The summed E-state index contributed by atoms with van der Waals surface area (Å²) in [6.07, 6.45) is 3.47. The van der Waals surface area contributed by atoms with E-state index < -0.39 is 10.8 Å². The number of rotatable bonds is 6. The maximum Gasteiger partial charge on any atom is 0.227 e. The van der Waals surface area contributed by atoms with Crippen LogP contribution in [0.3, 0.4) is 0 Å². The summed E-state index contributed by atoms with van der Waals surface area (Å²) in [7, 11) is -1.33. The average Bonchev–Trinajstić information content (AvgIpc) is 3.19. The number of furan rings is 1. The molecule has 0 fully saturated rings. The van der Waals surface area contributed by atoms with Gasteiger partial charge >= 0.3 is 0 Å². The van der Waals surface area contributed by atoms with Crippen molar-refractivity contribution in [2.45, 2.75) is 56.0 Å². The van der Waals surface area contributed by atoms with E-state index in [0.29, 0.717) is 11.4 Å². The van der Waals surface area contributed by atoms with Gasteiger partial charge in [-0.2, -0.15) is 0 Å². The molecule has 0 saturated heterocycles. The number of benzene rings is 2. The molecule has 1 unspecified atom stereocenters. The first-order valence-electron chi connectivity index (χ1n) is 9.63. The van der Waals surface area contributed by atoms with E-state index in [2.05, 4.69) is 0 Å². The van der Waals surface area contributed by atoms with E-state index in [1.165, 1.54) is 0 Å². The molecule has 3 aromatic rings. The fourth-order valence-electron chi connectivity index (χ4n) is 3.14. The smallest absolute Gasteiger partial charge is 0.227 e. The molecule has 0 aliphatic heterocycles. The first-order chi connectivity index (χ1) is 13.8. The summed E-state index contributed by atoms with van der Waals surface area (Å²) in [5.74, 6) is -0.00736. The van der Waals surface area contributed by atoms with Gasteiger partial charge in [0.15, 0.2) is 0 Å². The summed E-state index contributed by atoms with van der Waals surface area (Å²) in [5, 5.41) is 0. The Bertz CT molecular complexity index is 986. The third-order valence-corrected chi connectivity index (χ3v) is 6.28. The van der Waals surface area contributed by atoms with Gasteiger partial charge in [-0.25, -0.2) is 4.21 Å². The third kappa shape index (κ3) is 5.24. The van der Waals surface area contributed by atoms with E-state index in [-0.39, 0.29) is 17.9 Å². The Kier molecular flexibility index (Phi) is 6.38. The number of aryl methyl sites for hydroxylation is 1. The highest BCUT2D eigenvalue weighted by Gasteiger charge is 2.27. The number of carbonyl (C=O) groups excluding carboxylic acids is 1. The first kappa shape index (κ1) is 21.1. The maximum atomic E-state index is 13.2. The molecule has 0 aliphatic rings. The van der Waals surface area contributed by atoms with Crippen molar-refractivity contribution in [1.29, 1.82) is 0 Å². The van der Waals surface area contributed by atoms with Crippen molar-refractivity contribution in [3.05, 3.63) is 83.8 Å². The molecule has 0 saturated carbocycles. The zero-order chi connectivity index (χ0) is 21.0. The lowest BCUT2D eigenvalue weighted by atomic mass is 10.0. The largest absolute Gasteiger partial charge is 0.472 e. The normalized spacial score (nSPS) is 12.6. The standard InChI is InChI=1S/C24H27NO3S/c1-18-9-11-21(12-10-18)29(27)22-8-6-5-7-20(22)15-23(26)25(24(2,3)4)16-19-13-14-28-17-19/h5-14,17H,15-16H2,1-4H3. The van der Waals surface area contributed by atoms with Gasteiger partial charge in [0.05, 0.1) is 29.7 Å². The fraction of sp³-hybridized carbons (Fsp3) is 0.292. The molecule has 0 spiro atoms. The lowest BCUT2D eigenvalue weighted by Crippen LogP contribution is -2.45. The molecule has 2 aromatic carbocycles. The van der Waals surface area contributed by atoms with Crippen LogP contribution in [0.25, 0.3) is 0 Å². The van der Waals surface area contributed by atoms with Crippen LogP contribution >= 0.6 is 0 Å². The Hall–Kier alpha value is -2.66. The van der Waals surface area contributed by atoms with Crippen LogP contribution < -0.4 is 0 Å². The monoisotopic (exact) mass is 409 g/mol. The molecular weight excluding hydrogens is 382 g/mol. The Balaban J connectivity index is 1.86. The predicted octanol–water partition coefficient (Wildman–Crippen LogP) is 5.12. The van der Waals surface area contributed by atoms with Crippen LogP contribution in [0.5, 0.6) is 0 Å². The summed E-state index contributed by atoms with van der Waals surface area (Å²) in [6, 6.07) is 17.0. The highest BCUT2D eigenvalue weighted by atomic mass is 32.2. The second-order valence-electron chi connectivity index (χ2n) is 8.15. The molecule has 0 N–H and O–H groups in total. The number of amides is 1. The van der Waals surface area contributed by atoms with E-state index in [4.69, 9.17) is 4.42 Å². The summed E-state index contributed by atoms with van der Waals surface area (Å²) < 4.78 is 18.3. The van der Waals surface area contributed by atoms with Gasteiger partial charge in [0, 0.05) is 27.4 Å². The minimum atomic E-state index is -1.33. The minimum absolute atomic E-state index is 0.00736. The lowest BCUT2D eigenvalue weighted by Gasteiger charge is -2.35. The van der Waals surface area contributed by atoms with Crippen molar-refractivity contribution >= 4 is 16.7 Å². The van der Waals surface area contributed by atoms with Gasteiger partial charge < -0.3 is 9.32 Å². The topological polar surface area (TPSA) is 50.5 Å². The quantitative estimate of drug-likeness (QED) is 0.567. The van der Waals surface area contributed by atoms with Gasteiger partial charge in [-0.05, 0) is 57.5 Å². The number of carbonyl (C=O) groups is 1. The highest BCUT2D eigenvalue weighted by Crippen LogP contribution is 2.24. The average molecular weight is 410 g/mol. The number of hydrogen-bond donors (Lipinski definition) is 0. The van der Waals surface area contributed by atoms with E-state index in [1.54, 1.807) is 12.5 Å². The summed E-state index contributed by atoms with van der Waals surface area (Å²) >= 11 is 0. The molecule has 1 atom stereocenters. The van der Waals surface area contributed by atoms with Crippen LogP contribution in [-0.4, -0.2) is 20.6 Å². The van der Waals surface area contributed by atoms with Crippen molar-refractivity contribution in [3.63, 3.8) is 0 Å². The minimum Gasteiger partial charge on any atom is -0.472 e. The molecule has 0 radical (unpaired) electrons. The predicted molar refractivity (Wildman–Crippen MR) is 115 cm³/mol. The van der Waals surface area contributed by atoms with Crippen molar-refractivity contribution in [1.82, 2.24) is 4.90 Å². The SMILES string of the molecule is Cc1ccc(S(=O)c2ccccc2CC(=O)N(Cc2ccoc2)C(C)(C)C)cc1. The second-order valence-corrected chi connectivity index (χ2v) is 9.60. The zero-order valence-electron chi connectivity index (χ0n) is 17.3. The Labute approximate surface area is 175 Å². The highest BCUT2D eigenvalue weighted by molar-refractivity contribution is 7.85. The van der Waals surface area contributed by atoms with Crippen molar-refractivity contribution in [3.8, 4) is 0 Å². The molecule has 0 aliphatic carbocycles. The summed E-state index contributed by atoms with van der Waals surface area (Å²) in [5.41, 5.74) is 2.51. The maximum absolute atomic E-state index is 13.2. The molecule has 29 heavy (non-hydrogen) atoms. The molecule has 0 bridgehead atoms. The summed E-state index contributed by atoms with van der Waals surface area (Å²) in [4.78, 5) is 16.5. The van der Waals surface area contributed by atoms with Crippen LogP contribution in [0, 0.1) is 6.92 Å². The molecule has 4 nitrogen and oxygen atoms in total. The fourth-order valence-corrected chi connectivity index (χ4v) is 4.36. The number of nitrogens with zero attached hydrogens (tertiary/aromatic N) is 1. The molecule has 3 rings (SSSR count). The Morgan fingerprint density at radius 1 is 1.03 bits per heavy atom. The molecule has 152 valence electrons. The van der Waals surface area contributed by atoms with Crippen LogP contribution in [-0.2, 0) is 28.6 Å². The van der Waals surface area contributed by atoms with Gasteiger partial charge in [-0.3, -0.25) is 4.79 Å². The van der Waals surface area contributed by atoms with Crippen LogP contribution in [0.1, 0.15) is 37.5 Å². The second kappa shape index (κ2) is 8.78. The van der Waals surface area contributed by atoms with Crippen LogP contribution in [0.15, 0.2) is 81.3 Å². The Morgan fingerprint density at radius 2 is 1.72 bits per heavy atom. The van der Waals surface area contributed by atoms with Crippen LogP contribution in [0.4, 0.5) is 0 Å². The van der Waals surface area contributed by atoms with Gasteiger partial charge in [0.25, 0.3) is 0 Å². The number of hydrogen-bond acceptors (Lipinski definition) is 3. The zero-order valence-corrected chi connectivity index (χ0v) is 18.2. The first-order valence-corrected chi connectivity index (χ1v) is 10.8. The summed E-state index contributed by atoms with van der Waals surface area (Å²) in [6.45, 7) is 8.52. The van der Waals surface area contributed by atoms with Crippen molar-refractivity contribution in [2.24, 2.45) is 0 Å². The Morgan fingerprint density at radius 3 is 2.34 bits per heavy atom. The van der Waals surface area contributed by atoms with Crippen molar-refractivity contribution in [2.75, 3.05) is 0 Å². The van der Waals surface area contributed by atoms with Gasteiger partial charge in [-0.1, -0.05) is 35.9 Å². The molecule has 5 heteroatoms. The van der Waals surface area contributed by atoms with Gasteiger partial charge in [0.1, 0.15) is 0 Å². The molecule has 1 amide bonds. The molecule has 1 aromatic heterocycles. The van der Waals surface area contributed by atoms with E-state index in [0.717, 1.165) is 21.6 Å². The molecule has 1 heterocycles. The van der Waals surface area contributed by atoms with Crippen LogP contribution in [0.2, 0.25) is 0 Å². The van der Waals surface area contributed by atoms with Gasteiger partial charge in [-0.15, -0.1) is 0 Å². The van der Waals surface area contributed by atoms with Crippen molar-refractivity contribution < 1.29 is 13.4 Å². The lowest BCUT2D eigenvalue weighted by molar-refractivity contribution is -0.136. The van der Waals surface area contributed by atoms with E-state index in [9.17, 15) is 9.00 Å². The van der Waals surface area contributed by atoms with Gasteiger partial charge in [0.2, 0.25) is 5.91 Å². The van der Waals surface area contributed by atoms with E-state index >= 15 is 0 Å².